The number of aryl methyl sites for hydroxylation is 2. The highest BCUT2D eigenvalue weighted by Gasteiger charge is 2.09. The summed E-state index contributed by atoms with van der Waals surface area (Å²) in [6.07, 6.45) is 2.96. The Bertz CT molecular complexity index is 985. The number of carbonyl (C=O) groups is 2. The Hall–Kier alpha value is -2.67. The van der Waals surface area contributed by atoms with E-state index in [1.165, 1.54) is 10.6 Å². The first-order chi connectivity index (χ1) is 11.8. The third-order valence-electron chi connectivity index (χ3n) is 3.49. The van der Waals surface area contributed by atoms with E-state index in [4.69, 9.17) is 10.5 Å². The highest BCUT2D eigenvalue weighted by Crippen LogP contribution is 2.10. The van der Waals surface area contributed by atoms with Crippen LogP contribution in [0.15, 0.2) is 23.0 Å². The van der Waals surface area contributed by atoms with Crippen LogP contribution in [0.4, 0.5) is 0 Å². The second kappa shape index (κ2) is 7.94. The van der Waals surface area contributed by atoms with Gasteiger partial charge in [0.05, 0.1) is 17.2 Å². The second-order valence-electron chi connectivity index (χ2n) is 5.56. The molecule has 1 aromatic carbocycles. The Morgan fingerprint density at radius 3 is 2.64 bits per heavy atom. The van der Waals surface area contributed by atoms with Crippen molar-refractivity contribution in [1.82, 2.24) is 4.57 Å². The molecule has 6 nitrogen and oxygen atoms in total. The van der Waals surface area contributed by atoms with Gasteiger partial charge in [-0.1, -0.05) is 23.8 Å². The SMILES string of the molecule is CCOC(=O)C=c1sc(=Cc2ccc(C)cc2C)c(=O)n1CC(N)=O. The van der Waals surface area contributed by atoms with Gasteiger partial charge in [0, 0.05) is 0 Å². The topological polar surface area (TPSA) is 91.4 Å². The van der Waals surface area contributed by atoms with Gasteiger partial charge in [0.1, 0.15) is 11.2 Å². The number of primary amides is 1. The lowest BCUT2D eigenvalue weighted by Gasteiger charge is -2.00. The number of rotatable bonds is 5. The van der Waals surface area contributed by atoms with Crippen LogP contribution in [-0.2, 0) is 20.9 Å². The van der Waals surface area contributed by atoms with Gasteiger partial charge in [-0.2, -0.15) is 0 Å². The normalized spacial score (nSPS) is 12.4. The Morgan fingerprint density at radius 1 is 1.32 bits per heavy atom. The zero-order valence-electron chi connectivity index (χ0n) is 14.4. The molecule has 0 fully saturated rings. The van der Waals surface area contributed by atoms with Crippen LogP contribution in [0.2, 0.25) is 0 Å². The third kappa shape index (κ3) is 4.67. The summed E-state index contributed by atoms with van der Waals surface area (Å²) in [5.41, 5.74) is 7.92. The van der Waals surface area contributed by atoms with E-state index in [9.17, 15) is 14.4 Å². The van der Waals surface area contributed by atoms with Crippen molar-refractivity contribution in [2.45, 2.75) is 27.3 Å². The van der Waals surface area contributed by atoms with Gasteiger partial charge in [0.15, 0.2) is 0 Å². The maximum Gasteiger partial charge on any atom is 0.333 e. The Morgan fingerprint density at radius 2 is 2.04 bits per heavy atom. The minimum atomic E-state index is -0.656. The van der Waals surface area contributed by atoms with E-state index < -0.39 is 11.9 Å². The maximum atomic E-state index is 12.6. The van der Waals surface area contributed by atoms with Crippen molar-refractivity contribution in [3.8, 4) is 0 Å². The smallest absolute Gasteiger partial charge is 0.333 e. The molecule has 0 saturated heterocycles. The van der Waals surface area contributed by atoms with Crippen molar-refractivity contribution in [3.63, 3.8) is 0 Å². The summed E-state index contributed by atoms with van der Waals surface area (Å²) >= 11 is 1.12. The van der Waals surface area contributed by atoms with Crippen LogP contribution in [0.25, 0.3) is 12.2 Å². The van der Waals surface area contributed by atoms with E-state index in [2.05, 4.69) is 0 Å². The average molecular weight is 360 g/mol. The van der Waals surface area contributed by atoms with Gasteiger partial charge in [-0.15, -0.1) is 11.3 Å². The van der Waals surface area contributed by atoms with Gasteiger partial charge in [0.2, 0.25) is 5.91 Å². The molecule has 7 heteroatoms. The number of benzene rings is 1. The Labute approximate surface area is 148 Å². The number of hydrogen-bond donors (Lipinski definition) is 1. The summed E-state index contributed by atoms with van der Waals surface area (Å²) in [6, 6.07) is 5.91. The molecule has 2 aromatic rings. The highest BCUT2D eigenvalue weighted by atomic mass is 32.1. The molecule has 0 bridgehead atoms. The standard InChI is InChI=1S/C18H20N2O4S/c1-4-24-17(22)9-16-20(10-15(19)21)18(23)14(25-16)8-13-6-5-11(2)7-12(13)3/h5-9H,4,10H2,1-3H3,(H2,19,21). The number of hydrogen-bond acceptors (Lipinski definition) is 5. The summed E-state index contributed by atoms with van der Waals surface area (Å²) in [4.78, 5) is 35.6. The van der Waals surface area contributed by atoms with Crippen LogP contribution in [-0.4, -0.2) is 23.1 Å². The van der Waals surface area contributed by atoms with E-state index in [0.29, 0.717) is 9.20 Å². The van der Waals surface area contributed by atoms with Crippen molar-refractivity contribution >= 4 is 35.4 Å². The molecular weight excluding hydrogens is 340 g/mol. The number of esters is 1. The summed E-state index contributed by atoms with van der Waals surface area (Å²) in [7, 11) is 0. The number of ether oxygens (including phenoxy) is 1. The first kappa shape index (κ1) is 18.7. The fourth-order valence-corrected chi connectivity index (χ4v) is 3.38. The molecule has 0 radical (unpaired) electrons. The van der Waals surface area contributed by atoms with Crippen molar-refractivity contribution < 1.29 is 14.3 Å². The average Bonchev–Trinajstić information content (AvgIpc) is 2.78. The van der Waals surface area contributed by atoms with Crippen LogP contribution in [0.5, 0.6) is 0 Å². The van der Waals surface area contributed by atoms with E-state index in [-0.39, 0.29) is 18.7 Å². The molecule has 0 spiro atoms. The molecule has 0 aliphatic rings. The fourth-order valence-electron chi connectivity index (χ4n) is 2.36. The maximum absolute atomic E-state index is 12.6. The first-order valence-corrected chi connectivity index (χ1v) is 8.59. The molecular formula is C18H20N2O4S. The zero-order valence-corrected chi connectivity index (χ0v) is 15.2. The molecule has 1 aromatic heterocycles. The summed E-state index contributed by atoms with van der Waals surface area (Å²) in [6.45, 7) is 5.58. The molecule has 0 atom stereocenters. The van der Waals surface area contributed by atoms with Crippen molar-refractivity contribution in [3.05, 3.63) is 54.4 Å². The quantitative estimate of drug-likeness (QED) is 0.770. The van der Waals surface area contributed by atoms with Gasteiger partial charge >= 0.3 is 5.97 Å². The van der Waals surface area contributed by atoms with Crippen molar-refractivity contribution in [2.75, 3.05) is 6.61 Å². The number of nitrogens with two attached hydrogens (primary N) is 1. The molecule has 0 saturated carbocycles. The predicted molar refractivity (Wildman–Crippen MR) is 97.6 cm³/mol. The van der Waals surface area contributed by atoms with Gasteiger partial charge < -0.3 is 10.5 Å². The minimum Gasteiger partial charge on any atom is -0.463 e. The van der Waals surface area contributed by atoms with Crippen LogP contribution < -0.4 is 20.5 Å². The van der Waals surface area contributed by atoms with E-state index >= 15 is 0 Å². The predicted octanol–water partition coefficient (Wildman–Crippen LogP) is 0.184. The van der Waals surface area contributed by atoms with Crippen molar-refractivity contribution in [2.24, 2.45) is 5.73 Å². The number of amides is 1. The molecule has 2 N–H and O–H groups in total. The first-order valence-electron chi connectivity index (χ1n) is 7.77. The molecule has 0 unspecified atom stereocenters. The zero-order chi connectivity index (χ0) is 18.6. The molecule has 1 heterocycles. The van der Waals surface area contributed by atoms with Gasteiger partial charge in [0.25, 0.3) is 5.56 Å². The lowest BCUT2D eigenvalue weighted by atomic mass is 10.1. The number of aromatic nitrogens is 1. The van der Waals surface area contributed by atoms with Gasteiger partial charge in [-0.3, -0.25) is 14.2 Å². The lowest BCUT2D eigenvalue weighted by Crippen LogP contribution is -2.36. The number of carbonyl (C=O) groups excluding carboxylic acids is 2. The largest absolute Gasteiger partial charge is 0.463 e. The van der Waals surface area contributed by atoms with Crippen LogP contribution in [0.1, 0.15) is 23.6 Å². The van der Waals surface area contributed by atoms with Gasteiger partial charge in [-0.25, -0.2) is 4.79 Å². The highest BCUT2D eigenvalue weighted by molar-refractivity contribution is 7.07. The molecule has 2 rings (SSSR count). The monoisotopic (exact) mass is 360 g/mol. The number of thiazole rings is 1. The van der Waals surface area contributed by atoms with Crippen LogP contribution >= 0.6 is 11.3 Å². The van der Waals surface area contributed by atoms with E-state index in [1.807, 2.05) is 32.0 Å². The minimum absolute atomic E-state index is 0.225. The van der Waals surface area contributed by atoms with Crippen LogP contribution in [0.3, 0.4) is 0 Å². The molecule has 25 heavy (non-hydrogen) atoms. The van der Waals surface area contributed by atoms with E-state index in [0.717, 1.165) is 28.0 Å². The third-order valence-corrected chi connectivity index (χ3v) is 4.55. The second-order valence-corrected chi connectivity index (χ2v) is 6.63. The molecule has 1 amide bonds. The fraction of sp³-hybridized carbons (Fsp3) is 0.278. The molecule has 132 valence electrons. The van der Waals surface area contributed by atoms with Crippen molar-refractivity contribution in [1.29, 1.82) is 0 Å². The molecule has 0 aliphatic carbocycles. The summed E-state index contributed by atoms with van der Waals surface area (Å²) in [5.74, 6) is -1.23. The van der Waals surface area contributed by atoms with Gasteiger partial charge in [-0.05, 0) is 38.0 Å². The summed E-state index contributed by atoms with van der Waals surface area (Å²) < 4.78 is 6.82. The van der Waals surface area contributed by atoms with Crippen LogP contribution in [0, 0.1) is 13.8 Å². The Kier molecular flexibility index (Phi) is 5.93. The number of nitrogens with zero attached hydrogens (tertiary/aromatic N) is 1. The Balaban J connectivity index is 2.65. The summed E-state index contributed by atoms with van der Waals surface area (Å²) in [5, 5.41) is 0. The molecule has 0 aliphatic heterocycles. The lowest BCUT2D eigenvalue weighted by molar-refractivity contribution is -0.135. The van der Waals surface area contributed by atoms with E-state index in [1.54, 1.807) is 13.0 Å².